The smallest absolute Gasteiger partial charge is 0.427 e. The Morgan fingerprint density at radius 3 is 2.61 bits per heavy atom. The number of nitrogens with one attached hydrogen (secondary N) is 1. The van der Waals surface area contributed by atoms with Crippen molar-refractivity contribution in [2.24, 2.45) is 40.9 Å². The van der Waals surface area contributed by atoms with E-state index in [0.717, 1.165) is 5.01 Å². The topological polar surface area (TPSA) is 75.7 Å². The van der Waals surface area contributed by atoms with E-state index in [1.807, 2.05) is 0 Å². The van der Waals surface area contributed by atoms with Gasteiger partial charge in [-0.25, -0.2) is 10.2 Å². The molecular formula is C17H20N2O4. The highest BCUT2D eigenvalue weighted by atomic mass is 16.6. The third-order valence-electron chi connectivity index (χ3n) is 6.46. The van der Waals surface area contributed by atoms with Crippen molar-refractivity contribution in [3.05, 3.63) is 12.2 Å². The Kier molecular flexibility index (Phi) is 2.14. The largest absolute Gasteiger partial charge is 0.443 e. The number of allylic oxidation sites excluding steroid dienone is 2. The highest BCUT2D eigenvalue weighted by molar-refractivity contribution is 6.07. The monoisotopic (exact) mass is 316 g/mol. The molecule has 4 fully saturated rings. The maximum absolute atomic E-state index is 12.8. The van der Waals surface area contributed by atoms with Gasteiger partial charge in [0.1, 0.15) is 5.60 Å². The molecule has 6 nitrogen and oxygen atoms in total. The van der Waals surface area contributed by atoms with Crippen LogP contribution >= 0.6 is 0 Å². The van der Waals surface area contributed by atoms with Gasteiger partial charge in [0.15, 0.2) is 0 Å². The maximum atomic E-state index is 12.8. The quantitative estimate of drug-likeness (QED) is 0.587. The number of hydrogen-bond donors (Lipinski definition) is 1. The summed E-state index contributed by atoms with van der Waals surface area (Å²) in [7, 11) is 0. The maximum Gasteiger partial charge on any atom is 0.427 e. The van der Waals surface area contributed by atoms with Gasteiger partial charge in [0.05, 0.1) is 11.8 Å². The molecule has 1 saturated heterocycles. The third kappa shape index (κ3) is 1.39. The van der Waals surface area contributed by atoms with E-state index < -0.39 is 11.7 Å². The van der Waals surface area contributed by atoms with E-state index in [9.17, 15) is 14.4 Å². The minimum atomic E-state index is -0.757. The summed E-state index contributed by atoms with van der Waals surface area (Å²) in [6.07, 6.45) is 4.76. The molecule has 122 valence electrons. The third-order valence-corrected chi connectivity index (χ3v) is 6.46. The van der Waals surface area contributed by atoms with Gasteiger partial charge in [-0.05, 0) is 50.9 Å². The molecule has 0 radical (unpaired) electrons. The molecule has 23 heavy (non-hydrogen) atoms. The average molecular weight is 316 g/mol. The van der Waals surface area contributed by atoms with Gasteiger partial charge >= 0.3 is 6.09 Å². The number of carbonyl (C=O) groups excluding carboxylic acids is 3. The van der Waals surface area contributed by atoms with Gasteiger partial charge in [-0.2, -0.15) is 5.01 Å². The Hall–Kier alpha value is -1.85. The van der Waals surface area contributed by atoms with E-state index in [-0.39, 0.29) is 35.0 Å². The molecule has 1 aliphatic heterocycles. The molecule has 1 heterocycles. The number of rotatable bonds is 1. The molecule has 7 atom stereocenters. The summed E-state index contributed by atoms with van der Waals surface area (Å²) in [6, 6.07) is 0. The molecule has 1 spiro atoms. The van der Waals surface area contributed by atoms with Gasteiger partial charge in [0, 0.05) is 5.41 Å². The lowest BCUT2D eigenvalue weighted by Gasteiger charge is -2.52. The van der Waals surface area contributed by atoms with Gasteiger partial charge in [-0.1, -0.05) is 12.2 Å². The van der Waals surface area contributed by atoms with Crippen molar-refractivity contribution in [2.45, 2.75) is 32.8 Å². The zero-order valence-electron chi connectivity index (χ0n) is 13.4. The van der Waals surface area contributed by atoms with Crippen LogP contribution in [-0.2, 0) is 14.3 Å². The van der Waals surface area contributed by atoms with Crippen LogP contribution in [0.4, 0.5) is 4.79 Å². The Morgan fingerprint density at radius 1 is 1.30 bits per heavy atom. The minimum absolute atomic E-state index is 0.128. The summed E-state index contributed by atoms with van der Waals surface area (Å²) in [4.78, 5) is 37.4. The number of imide groups is 1. The molecule has 4 aliphatic carbocycles. The van der Waals surface area contributed by atoms with Crippen molar-refractivity contribution >= 4 is 17.9 Å². The highest BCUT2D eigenvalue weighted by Crippen LogP contribution is 2.85. The first-order valence-electron chi connectivity index (χ1n) is 8.32. The van der Waals surface area contributed by atoms with E-state index in [1.54, 1.807) is 20.8 Å². The second-order valence-electron chi connectivity index (χ2n) is 8.59. The average Bonchev–Trinajstić information content (AvgIpc) is 3.00. The minimum Gasteiger partial charge on any atom is -0.443 e. The van der Waals surface area contributed by atoms with E-state index in [4.69, 9.17) is 4.74 Å². The molecule has 6 heteroatoms. The fraction of sp³-hybridized carbons (Fsp3) is 0.706. The van der Waals surface area contributed by atoms with Crippen LogP contribution in [0.25, 0.3) is 0 Å². The number of hydrazine groups is 1. The summed E-state index contributed by atoms with van der Waals surface area (Å²) in [5.41, 5.74) is 1.81. The normalized spacial score (nSPS) is 47.9. The predicted molar refractivity (Wildman–Crippen MR) is 78.4 cm³/mol. The van der Waals surface area contributed by atoms with Crippen molar-refractivity contribution < 1.29 is 19.1 Å². The number of ether oxygens (including phenoxy) is 1. The molecule has 0 aromatic carbocycles. The lowest BCUT2D eigenvalue weighted by Crippen LogP contribution is -2.54. The summed E-state index contributed by atoms with van der Waals surface area (Å²) in [6.45, 7) is 5.22. The molecule has 1 N–H and O–H groups in total. The van der Waals surface area contributed by atoms with Gasteiger partial charge < -0.3 is 4.74 Å². The number of carbonyl (C=O) groups is 3. The van der Waals surface area contributed by atoms with Gasteiger partial charge in [-0.15, -0.1) is 0 Å². The van der Waals surface area contributed by atoms with Crippen molar-refractivity contribution in [3.8, 4) is 0 Å². The fourth-order valence-corrected chi connectivity index (χ4v) is 5.80. The molecule has 0 aromatic rings. The second kappa shape index (κ2) is 3.62. The van der Waals surface area contributed by atoms with E-state index in [2.05, 4.69) is 17.6 Å². The van der Waals surface area contributed by atoms with Crippen LogP contribution < -0.4 is 5.43 Å². The lowest BCUT2D eigenvalue weighted by atomic mass is 9.52. The summed E-state index contributed by atoms with van der Waals surface area (Å²) in [5, 5.41) is 0.912. The van der Waals surface area contributed by atoms with Crippen LogP contribution in [-0.4, -0.2) is 28.5 Å². The molecule has 0 bridgehead atoms. The standard InChI is InChI=1S/C17H20N2O4/c1-16(2,3)23-15(22)18-19-13(20)10-8-4-5-17(8)9-6-7(9)12(17)11(10)14(19)21/h4-5,7-12H,6H2,1-3H3,(H,18,22)/t7-,8?,9+,10+,11+,12?,17?/m0/s1. The zero-order chi connectivity index (χ0) is 16.3. The Labute approximate surface area is 134 Å². The van der Waals surface area contributed by atoms with Crippen LogP contribution in [0.3, 0.4) is 0 Å². The van der Waals surface area contributed by atoms with Gasteiger partial charge in [0.2, 0.25) is 0 Å². The van der Waals surface area contributed by atoms with Crippen LogP contribution in [0, 0.1) is 40.9 Å². The van der Waals surface area contributed by atoms with E-state index >= 15 is 0 Å². The number of fused-ring (bicyclic) bond motifs is 5. The zero-order valence-corrected chi connectivity index (χ0v) is 13.4. The first kappa shape index (κ1) is 13.6. The van der Waals surface area contributed by atoms with Crippen LogP contribution in [0.5, 0.6) is 0 Å². The summed E-state index contributed by atoms with van der Waals surface area (Å²) in [5.74, 6) is 0.709. The molecule has 5 rings (SSSR count). The van der Waals surface area contributed by atoms with Crippen LogP contribution in [0.2, 0.25) is 0 Å². The van der Waals surface area contributed by atoms with Crippen molar-refractivity contribution in [1.29, 1.82) is 0 Å². The Bertz CT molecular complexity index is 693. The second-order valence-corrected chi connectivity index (χ2v) is 8.59. The van der Waals surface area contributed by atoms with Crippen molar-refractivity contribution in [1.82, 2.24) is 10.4 Å². The first-order chi connectivity index (χ1) is 10.8. The molecule has 0 aromatic heterocycles. The Balaban J connectivity index is 1.39. The predicted octanol–water partition coefficient (Wildman–Crippen LogP) is 1.48. The van der Waals surface area contributed by atoms with Crippen molar-refractivity contribution in [3.63, 3.8) is 0 Å². The molecule has 3 amide bonds. The number of amides is 3. The number of hydrogen-bond acceptors (Lipinski definition) is 4. The summed E-state index contributed by atoms with van der Waals surface area (Å²) >= 11 is 0. The number of nitrogens with zero attached hydrogens (tertiary/aromatic N) is 1. The Morgan fingerprint density at radius 2 is 2.00 bits per heavy atom. The molecule has 3 saturated carbocycles. The van der Waals surface area contributed by atoms with E-state index in [1.165, 1.54) is 6.42 Å². The SMILES string of the molecule is CC(C)(C)OC(=O)NN1C(=O)[C@@H]2C3C=CC34C([C@H]3C[C@H]34)[C@@H]2C1=O. The summed E-state index contributed by atoms with van der Waals surface area (Å²) < 4.78 is 5.16. The molecule has 5 aliphatic rings. The lowest BCUT2D eigenvalue weighted by molar-refractivity contribution is -0.147. The molecular weight excluding hydrogens is 296 g/mol. The van der Waals surface area contributed by atoms with Crippen molar-refractivity contribution in [2.75, 3.05) is 0 Å². The van der Waals surface area contributed by atoms with Crippen LogP contribution in [0.15, 0.2) is 12.2 Å². The fourth-order valence-electron chi connectivity index (χ4n) is 5.80. The highest BCUT2D eigenvalue weighted by Gasteiger charge is 2.84. The van der Waals surface area contributed by atoms with Gasteiger partial charge in [-0.3, -0.25) is 9.59 Å². The first-order valence-corrected chi connectivity index (χ1v) is 8.32. The molecule has 3 unspecified atom stereocenters. The van der Waals surface area contributed by atoms with E-state index in [0.29, 0.717) is 17.8 Å². The van der Waals surface area contributed by atoms with Crippen LogP contribution in [0.1, 0.15) is 27.2 Å². The van der Waals surface area contributed by atoms with Gasteiger partial charge in [0.25, 0.3) is 11.8 Å².